The number of rotatable bonds is 2. The fourth-order valence-electron chi connectivity index (χ4n) is 0.999. The molecule has 1 heterocycles. The van der Waals surface area contributed by atoms with Gasteiger partial charge in [-0.1, -0.05) is 20.8 Å². The monoisotopic (exact) mass is 200 g/mol. The number of hydrogen-bond donors (Lipinski definition) is 1. The van der Waals surface area contributed by atoms with Crippen LogP contribution in [0.4, 0.5) is 0 Å². The van der Waals surface area contributed by atoms with Gasteiger partial charge in [-0.3, -0.25) is 5.41 Å². The Labute approximate surface area is 85.7 Å². The van der Waals surface area contributed by atoms with Crippen molar-refractivity contribution >= 4 is 6.02 Å². The first-order valence-corrected chi connectivity index (χ1v) is 4.92. The van der Waals surface area contributed by atoms with Gasteiger partial charge in [0.15, 0.2) is 0 Å². The summed E-state index contributed by atoms with van der Waals surface area (Å²) in [7, 11) is 1.87. The SMILES string of the molecule is CN(C(=N)OCC(C)(C)C)C1COC1. The summed E-state index contributed by atoms with van der Waals surface area (Å²) in [6, 6.07) is 0.565. The van der Waals surface area contributed by atoms with Gasteiger partial charge in [0.25, 0.3) is 6.02 Å². The third kappa shape index (κ3) is 3.18. The number of hydrogen-bond acceptors (Lipinski definition) is 3. The molecule has 1 saturated heterocycles. The largest absolute Gasteiger partial charge is 0.465 e. The Morgan fingerprint density at radius 3 is 2.43 bits per heavy atom. The molecule has 4 heteroatoms. The van der Waals surface area contributed by atoms with Gasteiger partial charge in [0.2, 0.25) is 0 Å². The van der Waals surface area contributed by atoms with Gasteiger partial charge in [-0.2, -0.15) is 0 Å². The third-order valence-corrected chi connectivity index (χ3v) is 2.13. The van der Waals surface area contributed by atoms with Crippen molar-refractivity contribution in [1.82, 2.24) is 4.90 Å². The van der Waals surface area contributed by atoms with Crippen LogP contribution in [0, 0.1) is 10.8 Å². The van der Waals surface area contributed by atoms with Crippen molar-refractivity contribution in [2.75, 3.05) is 26.9 Å². The Bertz CT molecular complexity index is 207. The van der Waals surface area contributed by atoms with Crippen molar-refractivity contribution in [2.45, 2.75) is 26.8 Å². The zero-order chi connectivity index (χ0) is 10.8. The number of ether oxygens (including phenoxy) is 2. The highest BCUT2D eigenvalue weighted by molar-refractivity contribution is 5.70. The molecule has 0 aromatic rings. The highest BCUT2D eigenvalue weighted by Gasteiger charge is 2.26. The maximum atomic E-state index is 7.69. The van der Waals surface area contributed by atoms with Crippen LogP contribution >= 0.6 is 0 Å². The summed E-state index contributed by atoms with van der Waals surface area (Å²) in [5, 5.41) is 7.69. The zero-order valence-corrected chi connectivity index (χ0v) is 9.46. The summed E-state index contributed by atoms with van der Waals surface area (Å²) in [4.78, 5) is 1.83. The van der Waals surface area contributed by atoms with Crippen LogP contribution in [-0.2, 0) is 9.47 Å². The van der Waals surface area contributed by atoms with E-state index in [0.717, 1.165) is 0 Å². The zero-order valence-electron chi connectivity index (χ0n) is 9.46. The van der Waals surface area contributed by atoms with Crippen molar-refractivity contribution in [2.24, 2.45) is 5.41 Å². The number of amidine groups is 1. The van der Waals surface area contributed by atoms with Gasteiger partial charge in [0.05, 0.1) is 25.9 Å². The molecular formula is C10H20N2O2. The molecule has 1 fully saturated rings. The Hall–Kier alpha value is -0.770. The van der Waals surface area contributed by atoms with E-state index in [1.54, 1.807) is 0 Å². The van der Waals surface area contributed by atoms with Gasteiger partial charge in [0, 0.05) is 7.05 Å². The predicted octanol–water partition coefficient (Wildman–Crippen LogP) is 1.31. The molecule has 0 radical (unpaired) electrons. The van der Waals surface area contributed by atoms with Crippen molar-refractivity contribution in [3.05, 3.63) is 0 Å². The van der Waals surface area contributed by atoms with Gasteiger partial charge >= 0.3 is 0 Å². The molecule has 14 heavy (non-hydrogen) atoms. The average Bonchev–Trinajstić information content (AvgIpc) is 1.95. The van der Waals surface area contributed by atoms with Crippen LogP contribution in [0.25, 0.3) is 0 Å². The van der Waals surface area contributed by atoms with E-state index in [1.807, 2.05) is 11.9 Å². The van der Waals surface area contributed by atoms with Gasteiger partial charge in [-0.15, -0.1) is 0 Å². The van der Waals surface area contributed by atoms with Crippen LogP contribution in [0.1, 0.15) is 20.8 Å². The van der Waals surface area contributed by atoms with Crippen LogP contribution in [0.5, 0.6) is 0 Å². The summed E-state index contributed by atoms with van der Waals surface area (Å²) >= 11 is 0. The fraction of sp³-hybridized carbons (Fsp3) is 0.900. The van der Waals surface area contributed by atoms with Crippen LogP contribution in [-0.4, -0.2) is 43.8 Å². The minimum atomic E-state index is 0.100. The Morgan fingerprint density at radius 2 is 2.07 bits per heavy atom. The molecule has 0 aromatic heterocycles. The molecule has 4 nitrogen and oxygen atoms in total. The second-order valence-electron chi connectivity index (χ2n) is 4.96. The van der Waals surface area contributed by atoms with Gasteiger partial charge < -0.3 is 14.4 Å². The lowest BCUT2D eigenvalue weighted by atomic mass is 9.99. The minimum absolute atomic E-state index is 0.100. The van der Waals surface area contributed by atoms with Gasteiger partial charge in [-0.25, -0.2) is 0 Å². The first-order valence-electron chi connectivity index (χ1n) is 4.92. The molecule has 0 spiro atoms. The van der Waals surface area contributed by atoms with Crippen LogP contribution in [0.3, 0.4) is 0 Å². The highest BCUT2D eigenvalue weighted by Crippen LogP contribution is 2.14. The molecule has 0 unspecified atom stereocenters. The molecule has 0 aliphatic carbocycles. The van der Waals surface area contributed by atoms with E-state index in [4.69, 9.17) is 14.9 Å². The average molecular weight is 200 g/mol. The molecular weight excluding hydrogens is 180 g/mol. The lowest BCUT2D eigenvalue weighted by Crippen LogP contribution is -2.50. The van der Waals surface area contributed by atoms with Gasteiger partial charge in [0.1, 0.15) is 0 Å². The maximum Gasteiger partial charge on any atom is 0.284 e. The van der Waals surface area contributed by atoms with E-state index in [2.05, 4.69) is 20.8 Å². The van der Waals surface area contributed by atoms with Crippen LogP contribution in [0.2, 0.25) is 0 Å². The van der Waals surface area contributed by atoms with Crippen LogP contribution in [0.15, 0.2) is 0 Å². The summed E-state index contributed by atoms with van der Waals surface area (Å²) < 4.78 is 10.4. The summed E-state index contributed by atoms with van der Waals surface area (Å²) in [6.45, 7) is 8.26. The maximum absolute atomic E-state index is 7.69. The van der Waals surface area contributed by atoms with Crippen molar-refractivity contribution < 1.29 is 9.47 Å². The minimum Gasteiger partial charge on any atom is -0.465 e. The standard InChI is InChI=1S/C10H20N2O2/c1-10(2,3)7-14-9(11)12(4)8-5-13-6-8/h8,11H,5-7H2,1-4H3. The van der Waals surface area contributed by atoms with Crippen molar-refractivity contribution in [1.29, 1.82) is 5.41 Å². The first kappa shape index (κ1) is 11.3. The van der Waals surface area contributed by atoms with E-state index < -0.39 is 0 Å². The van der Waals surface area contributed by atoms with E-state index in [0.29, 0.717) is 25.9 Å². The molecule has 0 atom stereocenters. The first-order chi connectivity index (χ1) is 6.40. The van der Waals surface area contributed by atoms with Crippen LogP contribution < -0.4 is 0 Å². The molecule has 0 aromatic carbocycles. The lowest BCUT2D eigenvalue weighted by molar-refractivity contribution is -0.0430. The molecule has 1 aliphatic heterocycles. The van der Waals surface area contributed by atoms with E-state index in [9.17, 15) is 0 Å². The second-order valence-corrected chi connectivity index (χ2v) is 4.96. The van der Waals surface area contributed by atoms with Crippen molar-refractivity contribution in [3.63, 3.8) is 0 Å². The van der Waals surface area contributed by atoms with Crippen molar-refractivity contribution in [3.8, 4) is 0 Å². The Balaban J connectivity index is 2.27. The molecule has 0 saturated carbocycles. The van der Waals surface area contributed by atoms with E-state index >= 15 is 0 Å². The Kier molecular flexibility index (Phi) is 3.37. The lowest BCUT2D eigenvalue weighted by Gasteiger charge is -2.35. The topological polar surface area (TPSA) is 45.6 Å². The number of nitrogens with zero attached hydrogens (tertiary/aromatic N) is 1. The molecule has 82 valence electrons. The Morgan fingerprint density at radius 1 is 1.50 bits per heavy atom. The normalized spacial score (nSPS) is 17.4. The smallest absolute Gasteiger partial charge is 0.284 e. The summed E-state index contributed by atoms with van der Waals surface area (Å²) in [5.41, 5.74) is 0.100. The molecule has 0 amide bonds. The summed E-state index contributed by atoms with van der Waals surface area (Å²) in [5.74, 6) is 0. The third-order valence-electron chi connectivity index (χ3n) is 2.13. The van der Waals surface area contributed by atoms with E-state index in [1.165, 1.54) is 0 Å². The molecule has 1 rings (SSSR count). The fourth-order valence-corrected chi connectivity index (χ4v) is 0.999. The highest BCUT2D eigenvalue weighted by atomic mass is 16.5. The second kappa shape index (κ2) is 4.17. The molecule has 0 bridgehead atoms. The summed E-state index contributed by atoms with van der Waals surface area (Å²) in [6.07, 6.45) is 0. The van der Waals surface area contributed by atoms with E-state index in [-0.39, 0.29) is 11.4 Å². The number of nitrogens with one attached hydrogen (secondary N) is 1. The predicted molar refractivity (Wildman–Crippen MR) is 55.5 cm³/mol. The quantitative estimate of drug-likeness (QED) is 0.540. The molecule has 1 aliphatic rings. The molecule has 1 N–H and O–H groups in total. The number of likely N-dealkylation sites (N-methyl/N-ethyl adjacent to an activating group) is 1. The van der Waals surface area contributed by atoms with Gasteiger partial charge in [-0.05, 0) is 5.41 Å².